The molecule has 0 amide bonds. The molecule has 0 fully saturated rings. The van der Waals surface area contributed by atoms with Crippen molar-refractivity contribution in [3.63, 3.8) is 0 Å². The van der Waals surface area contributed by atoms with Crippen LogP contribution in [0, 0.1) is 5.92 Å². The lowest BCUT2D eigenvalue weighted by Crippen LogP contribution is -2.21. The minimum absolute atomic E-state index is 0.461. The standard InChI is InChI=1S/C8H8O3/c9-7(8(10)11)6-4-2-1-3-5-6/h1-4,6H,5H2,(H,10,11). The number of hydrogen-bond acceptors (Lipinski definition) is 2. The van der Waals surface area contributed by atoms with Crippen molar-refractivity contribution in [1.82, 2.24) is 0 Å². The molecule has 1 rings (SSSR count). The minimum atomic E-state index is -1.35. The van der Waals surface area contributed by atoms with Crippen molar-refractivity contribution in [2.45, 2.75) is 6.42 Å². The summed E-state index contributed by atoms with van der Waals surface area (Å²) in [5, 5.41) is 8.33. The Balaban J connectivity index is 2.62. The Morgan fingerprint density at radius 2 is 2.09 bits per heavy atom. The maximum Gasteiger partial charge on any atom is 0.372 e. The van der Waals surface area contributed by atoms with E-state index in [1.165, 1.54) is 0 Å². The Morgan fingerprint density at radius 1 is 1.36 bits per heavy atom. The summed E-state index contributed by atoms with van der Waals surface area (Å²) >= 11 is 0. The van der Waals surface area contributed by atoms with Gasteiger partial charge in [-0.2, -0.15) is 0 Å². The number of rotatable bonds is 2. The molecule has 3 heteroatoms. The first-order chi connectivity index (χ1) is 5.22. The number of Topliss-reactive ketones (excluding diaryl/α,β-unsaturated/α-hetero) is 1. The van der Waals surface area contributed by atoms with Crippen molar-refractivity contribution in [3.05, 3.63) is 24.3 Å². The number of aliphatic carboxylic acids is 1. The van der Waals surface area contributed by atoms with Gasteiger partial charge in [-0.3, -0.25) is 4.79 Å². The number of hydrogen-bond donors (Lipinski definition) is 1. The molecule has 0 aliphatic heterocycles. The second-order valence-electron chi connectivity index (χ2n) is 2.32. The fourth-order valence-electron chi connectivity index (χ4n) is 0.934. The van der Waals surface area contributed by atoms with Crippen molar-refractivity contribution in [2.75, 3.05) is 0 Å². The summed E-state index contributed by atoms with van der Waals surface area (Å²) in [5.74, 6) is -2.54. The summed E-state index contributed by atoms with van der Waals surface area (Å²) in [4.78, 5) is 21.0. The van der Waals surface area contributed by atoms with E-state index in [0.717, 1.165) is 0 Å². The van der Waals surface area contributed by atoms with Crippen LogP contribution in [0.15, 0.2) is 24.3 Å². The lowest BCUT2D eigenvalue weighted by molar-refractivity contribution is -0.150. The number of carbonyl (C=O) groups excluding carboxylic acids is 1. The normalized spacial score (nSPS) is 21.6. The first kappa shape index (κ1) is 7.72. The van der Waals surface area contributed by atoms with E-state index in [1.807, 2.05) is 0 Å². The van der Waals surface area contributed by atoms with Gasteiger partial charge in [0.05, 0.1) is 5.92 Å². The highest BCUT2D eigenvalue weighted by atomic mass is 16.4. The van der Waals surface area contributed by atoms with E-state index in [2.05, 4.69) is 0 Å². The van der Waals surface area contributed by atoms with Gasteiger partial charge in [-0.25, -0.2) is 4.79 Å². The van der Waals surface area contributed by atoms with E-state index >= 15 is 0 Å². The van der Waals surface area contributed by atoms with Gasteiger partial charge in [0.15, 0.2) is 0 Å². The number of carboxylic acid groups (broad SMARTS) is 1. The second kappa shape index (κ2) is 3.14. The first-order valence-corrected chi connectivity index (χ1v) is 3.32. The van der Waals surface area contributed by atoms with Gasteiger partial charge in [-0.15, -0.1) is 0 Å². The van der Waals surface area contributed by atoms with Crippen LogP contribution < -0.4 is 0 Å². The summed E-state index contributed by atoms with van der Waals surface area (Å²) < 4.78 is 0. The molecule has 11 heavy (non-hydrogen) atoms. The number of carbonyl (C=O) groups is 2. The molecule has 0 bridgehead atoms. The summed E-state index contributed by atoms with van der Waals surface area (Å²) in [6.45, 7) is 0. The highest BCUT2D eigenvalue weighted by Gasteiger charge is 2.21. The lowest BCUT2D eigenvalue weighted by atomic mass is 9.96. The summed E-state index contributed by atoms with van der Waals surface area (Å²) in [6.07, 6.45) is 7.38. The number of carboxylic acids is 1. The molecule has 3 nitrogen and oxygen atoms in total. The van der Waals surface area contributed by atoms with Crippen molar-refractivity contribution in [3.8, 4) is 0 Å². The maximum absolute atomic E-state index is 10.8. The zero-order valence-electron chi connectivity index (χ0n) is 5.86. The topological polar surface area (TPSA) is 54.4 Å². The molecule has 0 radical (unpaired) electrons. The number of allylic oxidation sites excluding steroid dienone is 4. The van der Waals surface area contributed by atoms with Gasteiger partial charge in [0.1, 0.15) is 0 Å². The van der Waals surface area contributed by atoms with Crippen molar-refractivity contribution in [1.29, 1.82) is 0 Å². The average molecular weight is 152 g/mol. The van der Waals surface area contributed by atoms with Crippen LogP contribution in [0.1, 0.15) is 6.42 Å². The minimum Gasteiger partial charge on any atom is -0.475 e. The Bertz CT molecular complexity index is 238. The fourth-order valence-corrected chi connectivity index (χ4v) is 0.934. The molecule has 0 saturated carbocycles. The SMILES string of the molecule is O=C(O)C(=O)C1C=CC=CC1. The molecule has 0 saturated heterocycles. The van der Waals surface area contributed by atoms with Crippen molar-refractivity contribution >= 4 is 11.8 Å². The van der Waals surface area contributed by atoms with Crippen LogP contribution in [0.3, 0.4) is 0 Å². The van der Waals surface area contributed by atoms with Crippen LogP contribution in [0.4, 0.5) is 0 Å². The quantitative estimate of drug-likeness (QED) is 0.594. The smallest absolute Gasteiger partial charge is 0.372 e. The Hall–Kier alpha value is -1.38. The van der Waals surface area contributed by atoms with Crippen molar-refractivity contribution in [2.24, 2.45) is 5.92 Å². The molecule has 58 valence electrons. The van der Waals surface area contributed by atoms with Crippen LogP contribution in [-0.2, 0) is 9.59 Å². The summed E-state index contributed by atoms with van der Waals surface area (Å²) in [7, 11) is 0. The van der Waals surface area contributed by atoms with Gasteiger partial charge >= 0.3 is 5.97 Å². The van der Waals surface area contributed by atoms with E-state index in [9.17, 15) is 9.59 Å². The van der Waals surface area contributed by atoms with E-state index in [4.69, 9.17) is 5.11 Å². The molecular weight excluding hydrogens is 144 g/mol. The molecule has 1 N–H and O–H groups in total. The average Bonchev–Trinajstić information content (AvgIpc) is 2.05. The van der Waals surface area contributed by atoms with Crippen LogP contribution in [0.2, 0.25) is 0 Å². The van der Waals surface area contributed by atoms with Gasteiger partial charge in [0.25, 0.3) is 0 Å². The second-order valence-corrected chi connectivity index (χ2v) is 2.32. The number of ketones is 1. The van der Waals surface area contributed by atoms with Crippen LogP contribution in [-0.4, -0.2) is 16.9 Å². The molecule has 0 heterocycles. The highest BCUT2D eigenvalue weighted by Crippen LogP contribution is 2.12. The Kier molecular flexibility index (Phi) is 2.21. The van der Waals surface area contributed by atoms with Gasteiger partial charge in [0, 0.05) is 0 Å². The predicted octanol–water partition coefficient (Wildman–Crippen LogP) is 0.772. The van der Waals surface area contributed by atoms with E-state index in [-0.39, 0.29) is 0 Å². The van der Waals surface area contributed by atoms with E-state index < -0.39 is 17.7 Å². The van der Waals surface area contributed by atoms with Gasteiger partial charge < -0.3 is 5.11 Å². The monoisotopic (exact) mass is 152 g/mol. The highest BCUT2D eigenvalue weighted by molar-refractivity contribution is 6.34. The Labute approximate surface area is 64.0 Å². The predicted molar refractivity (Wildman–Crippen MR) is 39.0 cm³/mol. The van der Waals surface area contributed by atoms with Gasteiger partial charge in [-0.05, 0) is 6.42 Å². The zero-order valence-corrected chi connectivity index (χ0v) is 5.86. The first-order valence-electron chi connectivity index (χ1n) is 3.32. The van der Waals surface area contributed by atoms with Crippen LogP contribution in [0.5, 0.6) is 0 Å². The summed E-state index contributed by atoms with van der Waals surface area (Å²) in [6, 6.07) is 0. The molecule has 0 aromatic heterocycles. The van der Waals surface area contributed by atoms with Gasteiger partial charge in [0.2, 0.25) is 5.78 Å². The lowest BCUT2D eigenvalue weighted by Gasteiger charge is -2.07. The molecule has 1 aliphatic rings. The third-order valence-corrected chi connectivity index (χ3v) is 1.53. The fraction of sp³-hybridized carbons (Fsp3) is 0.250. The molecule has 1 aliphatic carbocycles. The molecule has 0 aromatic carbocycles. The largest absolute Gasteiger partial charge is 0.475 e. The molecule has 1 unspecified atom stereocenters. The molecule has 1 atom stereocenters. The van der Waals surface area contributed by atoms with E-state index in [1.54, 1.807) is 24.3 Å². The molecule has 0 aromatic rings. The van der Waals surface area contributed by atoms with Crippen molar-refractivity contribution < 1.29 is 14.7 Å². The Morgan fingerprint density at radius 3 is 2.55 bits per heavy atom. The molecule has 0 spiro atoms. The maximum atomic E-state index is 10.8. The van der Waals surface area contributed by atoms with Gasteiger partial charge in [-0.1, -0.05) is 24.3 Å². The molecular formula is C8H8O3. The van der Waals surface area contributed by atoms with Crippen LogP contribution >= 0.6 is 0 Å². The zero-order chi connectivity index (χ0) is 8.27. The summed E-state index contributed by atoms with van der Waals surface area (Å²) in [5.41, 5.74) is 0. The third-order valence-electron chi connectivity index (χ3n) is 1.53. The third kappa shape index (κ3) is 1.77. The van der Waals surface area contributed by atoms with E-state index in [0.29, 0.717) is 6.42 Å². The van der Waals surface area contributed by atoms with Crippen LogP contribution in [0.25, 0.3) is 0 Å².